The predicted octanol–water partition coefficient (Wildman–Crippen LogP) is -1.03. The summed E-state index contributed by atoms with van der Waals surface area (Å²) in [4.78, 5) is 0. The van der Waals surface area contributed by atoms with Crippen LogP contribution < -0.4 is 11.1 Å². The average molecular weight is 198 g/mol. The molecule has 78 valence electrons. The second-order valence-corrected chi connectivity index (χ2v) is 3.42. The number of nitrogens with zero attached hydrogens (tertiary/aromatic N) is 2. The molecule has 6 nitrogen and oxygen atoms in total. The van der Waals surface area contributed by atoms with E-state index in [1.165, 1.54) is 0 Å². The van der Waals surface area contributed by atoms with Crippen LogP contribution in [0.4, 0.5) is 0 Å². The van der Waals surface area contributed by atoms with Crippen LogP contribution in [-0.2, 0) is 6.42 Å². The van der Waals surface area contributed by atoms with Crippen molar-refractivity contribution in [3.8, 4) is 0 Å². The van der Waals surface area contributed by atoms with E-state index >= 15 is 0 Å². The highest BCUT2D eigenvalue weighted by Crippen LogP contribution is 2.21. The van der Waals surface area contributed by atoms with Crippen LogP contribution in [0.3, 0.4) is 0 Å². The van der Waals surface area contributed by atoms with Crippen molar-refractivity contribution in [2.24, 2.45) is 5.73 Å². The van der Waals surface area contributed by atoms with Gasteiger partial charge in [-0.1, -0.05) is 0 Å². The molecule has 4 N–H and O–H groups in total. The molecule has 0 saturated carbocycles. The Kier molecular flexibility index (Phi) is 2.76. The second kappa shape index (κ2) is 4.04. The molecule has 1 aromatic heterocycles. The average Bonchev–Trinajstić information content (AvgIpc) is 2.74. The fraction of sp³-hybridized carbons (Fsp3) is 0.750. The van der Waals surface area contributed by atoms with E-state index in [2.05, 4.69) is 15.5 Å². The Balaban J connectivity index is 2.02. The molecule has 0 radical (unpaired) electrons. The van der Waals surface area contributed by atoms with Crippen molar-refractivity contribution in [1.29, 1.82) is 0 Å². The molecule has 6 heteroatoms. The Morgan fingerprint density at radius 2 is 2.43 bits per heavy atom. The summed E-state index contributed by atoms with van der Waals surface area (Å²) >= 11 is 0. The van der Waals surface area contributed by atoms with Crippen molar-refractivity contribution in [1.82, 2.24) is 15.5 Å². The van der Waals surface area contributed by atoms with E-state index in [-0.39, 0.29) is 12.1 Å². The zero-order valence-electron chi connectivity index (χ0n) is 7.81. The number of nitrogens with two attached hydrogens (primary N) is 1. The fourth-order valence-electron chi connectivity index (χ4n) is 1.54. The maximum absolute atomic E-state index is 9.30. The molecule has 2 rings (SSSR count). The van der Waals surface area contributed by atoms with E-state index in [1.807, 2.05) is 0 Å². The van der Waals surface area contributed by atoms with Gasteiger partial charge in [0.1, 0.15) is 0 Å². The third-order valence-electron chi connectivity index (χ3n) is 2.25. The molecular formula is C8H14N4O2. The molecule has 0 aliphatic carbocycles. The minimum absolute atomic E-state index is 0.0102. The molecule has 0 unspecified atom stereocenters. The number of nitrogens with one attached hydrogen (secondary N) is 1. The lowest BCUT2D eigenvalue weighted by atomic mass is 10.2. The number of β-amino-alcohol motifs (C(OH)–C–C–N with tert-alkyl or cyclic N) is 1. The number of hydrogen-bond acceptors (Lipinski definition) is 6. The van der Waals surface area contributed by atoms with Gasteiger partial charge in [-0.3, -0.25) is 0 Å². The lowest BCUT2D eigenvalue weighted by molar-refractivity contribution is 0.191. The van der Waals surface area contributed by atoms with Gasteiger partial charge in [0.15, 0.2) is 0 Å². The summed E-state index contributed by atoms with van der Waals surface area (Å²) in [5.74, 6) is 1.11. The zero-order valence-corrected chi connectivity index (χ0v) is 7.81. The molecule has 14 heavy (non-hydrogen) atoms. The zero-order chi connectivity index (χ0) is 9.97. The Morgan fingerprint density at radius 3 is 3.07 bits per heavy atom. The summed E-state index contributed by atoms with van der Waals surface area (Å²) in [6, 6.07) is -0.0102. The van der Waals surface area contributed by atoms with Gasteiger partial charge in [-0.15, -0.1) is 10.2 Å². The molecule has 1 saturated heterocycles. The van der Waals surface area contributed by atoms with E-state index in [9.17, 15) is 5.11 Å². The molecule has 2 atom stereocenters. The summed E-state index contributed by atoms with van der Waals surface area (Å²) in [6.07, 6.45) is 0.914. The lowest BCUT2D eigenvalue weighted by Crippen LogP contribution is -2.15. The van der Waals surface area contributed by atoms with Crippen molar-refractivity contribution < 1.29 is 9.52 Å². The highest BCUT2D eigenvalue weighted by molar-refractivity contribution is 4.95. The summed E-state index contributed by atoms with van der Waals surface area (Å²) in [5, 5.41) is 20.2. The number of rotatable bonds is 3. The maximum atomic E-state index is 9.30. The summed E-state index contributed by atoms with van der Waals surface area (Å²) < 4.78 is 5.38. The summed E-state index contributed by atoms with van der Waals surface area (Å²) in [5.41, 5.74) is 5.36. The van der Waals surface area contributed by atoms with Crippen LogP contribution in [0.5, 0.6) is 0 Å². The van der Waals surface area contributed by atoms with Crippen LogP contribution >= 0.6 is 0 Å². The van der Waals surface area contributed by atoms with Gasteiger partial charge < -0.3 is 20.6 Å². The van der Waals surface area contributed by atoms with Gasteiger partial charge in [-0.2, -0.15) is 0 Å². The quantitative estimate of drug-likeness (QED) is 0.574. The van der Waals surface area contributed by atoms with Crippen LogP contribution in [0.1, 0.15) is 24.2 Å². The van der Waals surface area contributed by atoms with Crippen molar-refractivity contribution in [2.75, 3.05) is 13.1 Å². The maximum Gasteiger partial charge on any atom is 0.233 e. The normalized spacial score (nSPS) is 27.0. The first-order chi connectivity index (χ1) is 6.79. The molecule has 0 amide bonds. The first kappa shape index (κ1) is 9.57. The second-order valence-electron chi connectivity index (χ2n) is 3.42. The Morgan fingerprint density at radius 1 is 1.57 bits per heavy atom. The molecular weight excluding hydrogens is 184 g/mol. The number of aromatic nitrogens is 2. The Bertz CT molecular complexity index is 301. The Labute approximate surface area is 81.5 Å². The van der Waals surface area contributed by atoms with Crippen LogP contribution in [0.15, 0.2) is 4.42 Å². The number of hydrogen-bond donors (Lipinski definition) is 3. The topological polar surface area (TPSA) is 97.2 Å². The third-order valence-corrected chi connectivity index (χ3v) is 2.25. The van der Waals surface area contributed by atoms with Crippen molar-refractivity contribution in [3.63, 3.8) is 0 Å². The van der Waals surface area contributed by atoms with Crippen molar-refractivity contribution in [2.45, 2.75) is 25.0 Å². The first-order valence-electron chi connectivity index (χ1n) is 4.73. The molecule has 1 aliphatic rings. The van der Waals surface area contributed by atoms with Gasteiger partial charge in [0.05, 0.1) is 12.1 Å². The number of aliphatic hydroxyl groups is 1. The Hall–Kier alpha value is -0.980. The van der Waals surface area contributed by atoms with Crippen LogP contribution in [0, 0.1) is 0 Å². The molecule has 0 aromatic carbocycles. The van der Waals surface area contributed by atoms with E-state index in [0.29, 0.717) is 37.7 Å². The van der Waals surface area contributed by atoms with Crippen LogP contribution in [0.25, 0.3) is 0 Å². The van der Waals surface area contributed by atoms with Crippen molar-refractivity contribution in [3.05, 3.63) is 11.8 Å². The van der Waals surface area contributed by atoms with Gasteiger partial charge >= 0.3 is 0 Å². The SMILES string of the molecule is NCCc1nnc([C@H]2C[C@@H](O)CN2)o1. The molecule has 1 aromatic rings. The predicted molar refractivity (Wildman–Crippen MR) is 48.4 cm³/mol. The summed E-state index contributed by atoms with van der Waals surface area (Å²) in [7, 11) is 0. The monoisotopic (exact) mass is 198 g/mol. The molecule has 0 spiro atoms. The standard InChI is InChI=1S/C8H14N4O2/c9-2-1-7-11-12-8(14-7)6-3-5(13)4-10-6/h5-6,10,13H,1-4,9H2/t5-,6-/m1/s1. The smallest absolute Gasteiger partial charge is 0.233 e. The van der Waals surface area contributed by atoms with E-state index < -0.39 is 0 Å². The van der Waals surface area contributed by atoms with Gasteiger partial charge in [0.2, 0.25) is 11.8 Å². The fourth-order valence-corrected chi connectivity index (χ4v) is 1.54. The molecule has 1 aliphatic heterocycles. The summed E-state index contributed by atoms with van der Waals surface area (Å²) in [6.45, 7) is 1.08. The highest BCUT2D eigenvalue weighted by atomic mass is 16.4. The lowest BCUT2D eigenvalue weighted by Gasteiger charge is -2.02. The van der Waals surface area contributed by atoms with Gasteiger partial charge in [-0.05, 0) is 6.42 Å². The van der Waals surface area contributed by atoms with Gasteiger partial charge in [0, 0.05) is 19.5 Å². The van der Waals surface area contributed by atoms with Crippen LogP contribution in [0.2, 0.25) is 0 Å². The minimum atomic E-state index is -0.315. The largest absolute Gasteiger partial charge is 0.424 e. The number of aliphatic hydroxyl groups excluding tert-OH is 1. The molecule has 0 bridgehead atoms. The van der Waals surface area contributed by atoms with E-state index in [1.54, 1.807) is 0 Å². The highest BCUT2D eigenvalue weighted by Gasteiger charge is 2.27. The van der Waals surface area contributed by atoms with Gasteiger partial charge in [0.25, 0.3) is 0 Å². The first-order valence-corrected chi connectivity index (χ1v) is 4.73. The third kappa shape index (κ3) is 1.92. The van der Waals surface area contributed by atoms with Crippen molar-refractivity contribution >= 4 is 0 Å². The molecule has 2 heterocycles. The van der Waals surface area contributed by atoms with Crippen LogP contribution in [-0.4, -0.2) is 34.5 Å². The minimum Gasteiger partial charge on any atom is -0.424 e. The van der Waals surface area contributed by atoms with E-state index in [4.69, 9.17) is 10.2 Å². The van der Waals surface area contributed by atoms with Gasteiger partial charge in [-0.25, -0.2) is 0 Å². The van der Waals surface area contributed by atoms with E-state index in [0.717, 1.165) is 0 Å². The molecule has 1 fully saturated rings.